The molecular formula is C110H85FN22. The number of aromatic nitrogens is 21. The molecule has 0 aliphatic heterocycles. The molecule has 0 saturated carbocycles. The first-order valence-electron chi connectivity index (χ1n) is 43.2. The van der Waals surface area contributed by atoms with Crippen molar-refractivity contribution in [2.24, 2.45) is 0 Å². The van der Waals surface area contributed by atoms with E-state index in [1.165, 1.54) is 78.7 Å². The fourth-order valence-electron chi connectivity index (χ4n) is 15.9. The molecule has 25 rings (SSSR count). The van der Waals surface area contributed by atoms with Crippen molar-refractivity contribution in [3.8, 4) is 28.6 Å². The van der Waals surface area contributed by atoms with Crippen LogP contribution in [-0.4, -0.2) is 118 Å². The first-order valence-corrected chi connectivity index (χ1v) is 43.2. The fourth-order valence-corrected chi connectivity index (χ4v) is 15.9. The summed E-state index contributed by atoms with van der Waals surface area (Å²) < 4.78 is 19.4. The van der Waals surface area contributed by atoms with Gasteiger partial charge in [-0.1, -0.05) is 72.8 Å². The van der Waals surface area contributed by atoms with Crippen molar-refractivity contribution in [3.63, 3.8) is 0 Å². The normalized spacial score (nSPS) is 11.0. The summed E-state index contributed by atoms with van der Waals surface area (Å²) >= 11 is 0. The van der Waals surface area contributed by atoms with Crippen LogP contribution in [0.5, 0.6) is 0 Å². The molecule has 0 amide bonds. The first-order chi connectivity index (χ1) is 65.4. The summed E-state index contributed by atoms with van der Waals surface area (Å²) in [6, 6.07) is 82.5. The Kier molecular flexibility index (Phi) is 25.2. The quantitative estimate of drug-likeness (QED) is 0.126. The van der Waals surface area contributed by atoms with Crippen LogP contribution in [0.25, 0.3) is 148 Å². The van der Waals surface area contributed by atoms with Gasteiger partial charge in [0.05, 0.1) is 57.2 Å². The zero-order valence-electron chi connectivity index (χ0n) is 73.0. The molecule has 23 heteroatoms. The first kappa shape index (κ1) is 84.6. The number of fused-ring (bicyclic) bond motifs is 12. The highest BCUT2D eigenvalue weighted by Gasteiger charge is 2.14. The average Bonchev–Trinajstić information content (AvgIpc) is 1.78. The van der Waals surface area contributed by atoms with Crippen LogP contribution >= 0.6 is 0 Å². The lowest BCUT2D eigenvalue weighted by molar-refractivity contribution is 0.629. The summed E-state index contributed by atoms with van der Waals surface area (Å²) in [5.41, 5.74) is 21.6. The average molecular weight is 1730 g/mol. The van der Waals surface area contributed by atoms with Crippen LogP contribution < -0.4 is 4.90 Å². The Hall–Kier alpha value is -17.9. The van der Waals surface area contributed by atoms with Gasteiger partial charge < -0.3 is 9.88 Å². The molecule has 25 aromatic rings. The van der Waals surface area contributed by atoms with Gasteiger partial charge in [0.25, 0.3) is 0 Å². The van der Waals surface area contributed by atoms with E-state index in [0.717, 1.165) is 158 Å². The van der Waals surface area contributed by atoms with Gasteiger partial charge in [0.2, 0.25) is 0 Å². The topological polar surface area (TPSA) is 253 Å². The minimum absolute atomic E-state index is 0.242. The molecule has 0 aliphatic rings. The second kappa shape index (κ2) is 39.6. The van der Waals surface area contributed by atoms with Crippen LogP contribution in [0.4, 0.5) is 10.1 Å². The molecule has 642 valence electrons. The Morgan fingerprint density at radius 1 is 0.293 bits per heavy atom. The number of hydrogen-bond acceptors (Lipinski definition) is 18. The largest absolute Gasteiger partial charge is 0.377 e. The van der Waals surface area contributed by atoms with Gasteiger partial charge in [-0.2, -0.15) is 0 Å². The van der Waals surface area contributed by atoms with E-state index in [2.05, 4.69) is 234 Å². The van der Waals surface area contributed by atoms with Crippen molar-refractivity contribution in [1.29, 1.82) is 0 Å². The number of halogens is 1. The van der Waals surface area contributed by atoms with Crippen LogP contribution in [-0.2, 0) is 19.3 Å². The van der Waals surface area contributed by atoms with Crippen molar-refractivity contribution in [1.82, 2.24) is 103 Å². The number of hydrogen-bond donors (Lipinski definition) is 1. The fraction of sp³-hybridized carbons (Fsp3) is 0.0636. The van der Waals surface area contributed by atoms with Crippen LogP contribution in [0, 0.1) is 19.7 Å². The maximum atomic E-state index is 13.3. The summed E-state index contributed by atoms with van der Waals surface area (Å²) in [5, 5.41) is 14.6. The van der Waals surface area contributed by atoms with E-state index in [1.807, 2.05) is 226 Å². The van der Waals surface area contributed by atoms with Crippen LogP contribution in [0.2, 0.25) is 0 Å². The highest BCUT2D eigenvalue weighted by molar-refractivity contribution is 6.08. The lowest BCUT2D eigenvalue weighted by Crippen LogP contribution is -2.09. The Bertz CT molecular complexity index is 8370. The SMILES string of the molecule is CN(C)c1cccc2cnc(-n3ccc4ccncc43)cc12.Cc1cc(Cc2ccc3ncccc3n2)ccn1.Cc1ccc(Cc2ccc3cnccc3c2)nc1.Fc1ccc2cnc(-n3ccc4ccncc43)cc2c1.c1cc2[nH]c3cc(-c4cncnc4)ccc3c2cn1.c1ccc2cc(-n3ccc4ccncc43)ncc2c1.c1cnc2ccc(Cc3ccncc3)nc2c1. The molecule has 0 unspecified atom stereocenters. The van der Waals surface area contributed by atoms with Gasteiger partial charge in [0.1, 0.15) is 29.6 Å². The summed E-state index contributed by atoms with van der Waals surface area (Å²) in [6.45, 7) is 4.06. The predicted octanol–water partition coefficient (Wildman–Crippen LogP) is 23.2. The van der Waals surface area contributed by atoms with E-state index in [-0.39, 0.29) is 5.82 Å². The van der Waals surface area contributed by atoms with Crippen LogP contribution in [0.3, 0.4) is 0 Å². The number of H-pyrrole nitrogens is 1. The number of anilines is 1. The van der Waals surface area contributed by atoms with Crippen molar-refractivity contribution in [2.45, 2.75) is 33.1 Å². The van der Waals surface area contributed by atoms with Crippen molar-refractivity contribution in [3.05, 3.63) is 455 Å². The molecule has 0 aliphatic carbocycles. The zero-order chi connectivity index (χ0) is 90.2. The van der Waals surface area contributed by atoms with Crippen molar-refractivity contribution in [2.75, 3.05) is 19.0 Å². The van der Waals surface area contributed by atoms with Gasteiger partial charge in [-0.15, -0.1) is 0 Å². The molecule has 0 saturated heterocycles. The number of benzene rings is 5. The molecule has 20 heterocycles. The van der Waals surface area contributed by atoms with Crippen molar-refractivity contribution >= 4 is 125 Å². The highest BCUT2D eigenvalue weighted by Crippen LogP contribution is 2.32. The Labute approximate surface area is 763 Å². The second-order valence-corrected chi connectivity index (χ2v) is 31.9. The predicted molar refractivity (Wildman–Crippen MR) is 529 cm³/mol. The number of aromatic amines is 1. The molecular weight excluding hydrogens is 1650 g/mol. The molecule has 1 N–H and O–H groups in total. The van der Waals surface area contributed by atoms with Crippen molar-refractivity contribution < 1.29 is 4.39 Å². The number of nitrogens with zero attached hydrogens (tertiary/aromatic N) is 21. The molecule has 0 fully saturated rings. The molecule has 5 aromatic carbocycles. The minimum Gasteiger partial charge on any atom is -0.377 e. The monoisotopic (exact) mass is 1730 g/mol. The van der Waals surface area contributed by atoms with Gasteiger partial charge in [-0.05, 0) is 234 Å². The van der Waals surface area contributed by atoms with E-state index in [1.54, 1.807) is 61.8 Å². The molecule has 0 atom stereocenters. The molecule has 0 spiro atoms. The van der Waals surface area contributed by atoms with Gasteiger partial charge in [0.15, 0.2) is 0 Å². The highest BCUT2D eigenvalue weighted by atomic mass is 19.1. The van der Waals surface area contributed by atoms with Gasteiger partial charge in [-0.25, -0.2) is 29.3 Å². The van der Waals surface area contributed by atoms with E-state index in [4.69, 9.17) is 0 Å². The van der Waals surface area contributed by atoms with E-state index >= 15 is 0 Å². The lowest BCUT2D eigenvalue weighted by Gasteiger charge is -2.16. The van der Waals surface area contributed by atoms with Gasteiger partial charge in [0, 0.05) is 262 Å². The minimum atomic E-state index is -0.242. The third kappa shape index (κ3) is 20.1. The maximum absolute atomic E-state index is 13.3. The molecule has 133 heavy (non-hydrogen) atoms. The van der Waals surface area contributed by atoms with Crippen LogP contribution in [0.1, 0.15) is 45.0 Å². The third-order valence-corrected chi connectivity index (χ3v) is 22.6. The Balaban J connectivity index is 0.000000100. The molecule has 0 bridgehead atoms. The van der Waals surface area contributed by atoms with E-state index < -0.39 is 0 Å². The number of aryl methyl sites for hydroxylation is 2. The maximum Gasteiger partial charge on any atom is 0.137 e. The van der Waals surface area contributed by atoms with Gasteiger partial charge >= 0.3 is 0 Å². The Morgan fingerprint density at radius 3 is 1.47 bits per heavy atom. The number of pyridine rings is 15. The summed E-state index contributed by atoms with van der Waals surface area (Å²) in [7, 11) is 4.12. The third-order valence-electron chi connectivity index (χ3n) is 22.6. The van der Waals surface area contributed by atoms with Crippen LogP contribution in [0.15, 0.2) is 404 Å². The lowest BCUT2D eigenvalue weighted by atomic mass is 10.0. The summed E-state index contributed by atoms with van der Waals surface area (Å²) in [6.07, 6.45) is 48.6. The summed E-state index contributed by atoms with van der Waals surface area (Å²) in [5.74, 6) is 2.34. The molecule has 0 radical (unpaired) electrons. The smallest absolute Gasteiger partial charge is 0.137 e. The second-order valence-electron chi connectivity index (χ2n) is 31.9. The molecule has 20 aromatic heterocycles. The number of nitrogens with one attached hydrogen (secondary N) is 1. The number of rotatable bonds is 11. The molecule has 22 nitrogen and oxygen atoms in total. The Morgan fingerprint density at radius 2 is 0.827 bits per heavy atom. The summed E-state index contributed by atoms with van der Waals surface area (Å²) in [4.78, 5) is 78.5. The van der Waals surface area contributed by atoms with E-state index in [0.29, 0.717) is 0 Å². The van der Waals surface area contributed by atoms with E-state index in [9.17, 15) is 4.39 Å². The van der Waals surface area contributed by atoms with Gasteiger partial charge in [-0.3, -0.25) is 73.5 Å². The zero-order valence-corrected chi connectivity index (χ0v) is 73.0. The standard InChI is InChI=1S/C18H16N4.C16H10FN3.C16H11N3.C16H14N2.C15H10N4.C15H13N3.C14H11N3/c1-21(2)16-5-3-4-14-11-20-18(10-15(14)16)22-9-7-13-6-8-19-12-17(13)22;17-14-2-1-12-9-19-16(8-13(12)7-14)20-6-4-11-3-5-18-10-15(11)20;1-2-4-14-10-18-16(9-13(14)3-1)19-8-6-12-5-7-17-11-15(12)19;1-12-2-5-16(18-10-12)9-13-3-4-15-11-17-7-6-14(15)8-13;1-2-12-13-8-16-4-3-14(13)19-15(12)5-10(1)11-6-17-9-18-7-11;1-11-9-12(6-8-16-11)10-13-4-5-14-15(18-13)3-2-7-17-14;1-2-14-13(16-7-1)4-3-12(17-14)10-11-5-8-15-9-6-11/h3-12H,1-2H3;1-10H;1-11H;2-8,10-11H,9H2,1H3;1-9,19H;2-9H,10H2,1H3;1-9H,10H2.